The molecule has 6 nitrogen and oxygen atoms in total. The average molecular weight is 280 g/mol. The molecule has 1 aromatic heterocycles. The maximum atomic E-state index is 13.3. The van der Waals surface area contributed by atoms with Crippen molar-refractivity contribution < 1.29 is 13.2 Å². The predicted octanol–water partition coefficient (Wildman–Crippen LogP) is 2.25. The summed E-state index contributed by atoms with van der Waals surface area (Å²) in [6.07, 6.45) is -1.88. The molecule has 1 heterocycles. The molecule has 102 valence electrons. The zero-order valence-corrected chi connectivity index (χ0v) is 9.81. The van der Waals surface area contributed by atoms with Crippen LogP contribution in [0.2, 0.25) is 0 Å². The van der Waals surface area contributed by atoms with E-state index < -0.39 is 17.8 Å². The van der Waals surface area contributed by atoms with Gasteiger partial charge >= 0.3 is 0 Å². The van der Waals surface area contributed by atoms with E-state index in [1.165, 1.54) is 12.1 Å². The minimum atomic E-state index is -2.98. The third kappa shape index (κ3) is 2.74. The van der Waals surface area contributed by atoms with Crippen LogP contribution in [0, 0.1) is 17.1 Å². The van der Waals surface area contributed by atoms with Crippen molar-refractivity contribution in [1.29, 1.82) is 5.26 Å². The number of H-pyrrole nitrogens is 1. The van der Waals surface area contributed by atoms with Crippen LogP contribution in [0.3, 0.4) is 0 Å². The first-order valence-corrected chi connectivity index (χ1v) is 5.30. The number of allylic oxidation sites excluding steroid dienone is 1. The Morgan fingerprint density at radius 3 is 2.85 bits per heavy atom. The highest BCUT2D eigenvalue weighted by Crippen LogP contribution is 2.29. The first-order chi connectivity index (χ1) is 9.63. The second-order valence-corrected chi connectivity index (χ2v) is 3.55. The molecule has 0 saturated heterocycles. The second-order valence-electron chi connectivity index (χ2n) is 3.55. The van der Waals surface area contributed by atoms with Crippen molar-refractivity contribution in [2.24, 2.45) is 0 Å². The molecular formula is C11H7F3N6. The average Bonchev–Trinajstić information content (AvgIpc) is 2.93. The summed E-state index contributed by atoms with van der Waals surface area (Å²) in [5, 5.41) is 23.9. The highest BCUT2D eigenvalue weighted by molar-refractivity contribution is 5.74. The largest absolute Gasteiger partial charge is 0.360 e. The number of rotatable bonds is 4. The number of halogens is 3. The van der Waals surface area contributed by atoms with Crippen molar-refractivity contribution in [3.8, 4) is 6.07 Å². The van der Waals surface area contributed by atoms with Gasteiger partial charge in [0, 0.05) is 11.9 Å². The molecule has 0 atom stereocenters. The maximum absolute atomic E-state index is 13.3. The van der Waals surface area contributed by atoms with Gasteiger partial charge in [-0.3, -0.25) is 0 Å². The fourth-order valence-electron chi connectivity index (χ4n) is 1.46. The number of aromatic nitrogens is 4. The third-order valence-electron chi connectivity index (χ3n) is 2.35. The molecule has 0 radical (unpaired) electrons. The molecule has 0 aliphatic heterocycles. The van der Waals surface area contributed by atoms with Gasteiger partial charge in [0.1, 0.15) is 17.5 Å². The zero-order chi connectivity index (χ0) is 14.5. The highest BCUT2D eigenvalue weighted by Gasteiger charge is 2.17. The molecule has 0 aliphatic rings. The van der Waals surface area contributed by atoms with Crippen LogP contribution in [0.15, 0.2) is 24.4 Å². The van der Waals surface area contributed by atoms with E-state index in [0.29, 0.717) is 0 Å². The Kier molecular flexibility index (Phi) is 3.95. The number of anilines is 1. The second kappa shape index (κ2) is 5.83. The zero-order valence-electron chi connectivity index (χ0n) is 9.81. The topological polar surface area (TPSA) is 90.3 Å². The van der Waals surface area contributed by atoms with Crippen LogP contribution in [0.1, 0.15) is 17.8 Å². The van der Waals surface area contributed by atoms with Gasteiger partial charge in [-0.25, -0.2) is 13.2 Å². The van der Waals surface area contributed by atoms with Crippen LogP contribution in [0.4, 0.5) is 18.9 Å². The molecule has 0 unspecified atom stereocenters. The maximum Gasteiger partial charge on any atom is 0.268 e. The quantitative estimate of drug-likeness (QED) is 0.838. The monoisotopic (exact) mass is 280 g/mol. The summed E-state index contributed by atoms with van der Waals surface area (Å²) >= 11 is 0. The van der Waals surface area contributed by atoms with E-state index in [1.807, 2.05) is 0 Å². The van der Waals surface area contributed by atoms with Gasteiger partial charge in [-0.05, 0) is 17.3 Å². The third-order valence-corrected chi connectivity index (χ3v) is 2.35. The van der Waals surface area contributed by atoms with Crippen LogP contribution in [-0.4, -0.2) is 20.6 Å². The summed E-state index contributed by atoms with van der Waals surface area (Å²) in [4.78, 5) is 0. The van der Waals surface area contributed by atoms with Crippen molar-refractivity contribution in [3.63, 3.8) is 0 Å². The molecule has 2 N–H and O–H groups in total. The number of tetrazole rings is 1. The van der Waals surface area contributed by atoms with Crippen LogP contribution >= 0.6 is 0 Å². The van der Waals surface area contributed by atoms with Crippen molar-refractivity contribution in [3.05, 3.63) is 41.6 Å². The van der Waals surface area contributed by atoms with Gasteiger partial charge < -0.3 is 5.32 Å². The lowest BCUT2D eigenvalue weighted by Gasteiger charge is -2.09. The SMILES string of the molecule is N#CC(=CNc1cccc(F)c1C(F)F)c1nn[nH]n1. The number of hydrogen-bond acceptors (Lipinski definition) is 5. The molecule has 1 aromatic carbocycles. The summed E-state index contributed by atoms with van der Waals surface area (Å²) in [5.74, 6) is -1.04. The first-order valence-electron chi connectivity index (χ1n) is 5.30. The van der Waals surface area contributed by atoms with E-state index in [2.05, 4.69) is 25.9 Å². The van der Waals surface area contributed by atoms with E-state index in [-0.39, 0.29) is 17.1 Å². The normalized spacial score (nSPS) is 11.4. The van der Waals surface area contributed by atoms with Crippen molar-refractivity contribution >= 4 is 11.3 Å². The smallest absolute Gasteiger partial charge is 0.268 e. The molecule has 20 heavy (non-hydrogen) atoms. The van der Waals surface area contributed by atoms with Gasteiger partial charge in [0.05, 0.1) is 5.56 Å². The van der Waals surface area contributed by atoms with Crippen molar-refractivity contribution in [1.82, 2.24) is 20.6 Å². The first kappa shape index (κ1) is 13.5. The molecule has 0 saturated carbocycles. The fourth-order valence-corrected chi connectivity index (χ4v) is 1.46. The number of hydrogen-bond donors (Lipinski definition) is 2. The van der Waals surface area contributed by atoms with E-state index in [1.54, 1.807) is 6.07 Å². The van der Waals surface area contributed by atoms with E-state index in [9.17, 15) is 13.2 Å². The number of nitrogens with zero attached hydrogens (tertiary/aromatic N) is 4. The van der Waals surface area contributed by atoms with Gasteiger partial charge in [-0.15, -0.1) is 10.2 Å². The molecule has 9 heteroatoms. The molecule has 0 amide bonds. The summed E-state index contributed by atoms with van der Waals surface area (Å²) in [7, 11) is 0. The minimum absolute atomic E-state index is 0.00463. The van der Waals surface area contributed by atoms with Gasteiger partial charge in [0.15, 0.2) is 0 Å². The predicted molar refractivity (Wildman–Crippen MR) is 62.7 cm³/mol. The highest BCUT2D eigenvalue weighted by atomic mass is 19.3. The van der Waals surface area contributed by atoms with Gasteiger partial charge in [-0.2, -0.15) is 10.5 Å². The summed E-state index contributed by atoms with van der Waals surface area (Å²) < 4.78 is 38.9. The molecule has 0 spiro atoms. The van der Waals surface area contributed by atoms with E-state index >= 15 is 0 Å². The summed E-state index contributed by atoms with van der Waals surface area (Å²) in [6.45, 7) is 0. The van der Waals surface area contributed by atoms with Crippen LogP contribution < -0.4 is 5.32 Å². The molecular weight excluding hydrogens is 273 g/mol. The van der Waals surface area contributed by atoms with Crippen LogP contribution in [0.25, 0.3) is 5.57 Å². The van der Waals surface area contributed by atoms with Gasteiger partial charge in [0.25, 0.3) is 6.43 Å². The Balaban J connectivity index is 2.31. The standard InChI is InChI=1S/C11H7F3N6/c12-7-2-1-3-8(9(7)10(13)14)16-5-6(4-15)11-17-19-20-18-11/h1-3,5,10,16H,(H,17,18,19,20). The summed E-state index contributed by atoms with van der Waals surface area (Å²) in [5.41, 5.74) is -0.950. The molecule has 2 rings (SSSR count). The number of benzene rings is 1. The lowest BCUT2D eigenvalue weighted by atomic mass is 10.1. The fraction of sp³-hybridized carbons (Fsp3) is 0.0909. The Hall–Kier alpha value is -2.89. The van der Waals surface area contributed by atoms with Gasteiger partial charge in [0.2, 0.25) is 5.82 Å². The minimum Gasteiger partial charge on any atom is -0.360 e. The summed E-state index contributed by atoms with van der Waals surface area (Å²) in [6, 6.07) is 5.25. The number of alkyl halides is 2. The van der Waals surface area contributed by atoms with Crippen LogP contribution in [-0.2, 0) is 0 Å². The number of nitriles is 1. The molecule has 2 aromatic rings. The lowest BCUT2D eigenvalue weighted by molar-refractivity contribution is 0.147. The Labute approximate surface area is 110 Å². The van der Waals surface area contributed by atoms with E-state index in [0.717, 1.165) is 12.3 Å². The van der Waals surface area contributed by atoms with E-state index in [4.69, 9.17) is 5.26 Å². The van der Waals surface area contributed by atoms with Crippen molar-refractivity contribution in [2.45, 2.75) is 6.43 Å². The molecule has 0 aliphatic carbocycles. The lowest BCUT2D eigenvalue weighted by Crippen LogP contribution is -2.00. The molecule has 0 fully saturated rings. The number of aromatic amines is 1. The van der Waals surface area contributed by atoms with Gasteiger partial charge in [-0.1, -0.05) is 6.07 Å². The van der Waals surface area contributed by atoms with Crippen molar-refractivity contribution in [2.75, 3.05) is 5.32 Å². The Bertz CT molecular complexity index is 659. The Morgan fingerprint density at radius 2 is 2.25 bits per heavy atom. The van der Waals surface area contributed by atoms with Crippen LogP contribution in [0.5, 0.6) is 0 Å². The molecule has 0 bridgehead atoms. The Morgan fingerprint density at radius 1 is 1.45 bits per heavy atom. The number of nitrogens with one attached hydrogen (secondary N) is 2.